The molecule has 0 aliphatic rings. The summed E-state index contributed by atoms with van der Waals surface area (Å²) >= 11 is 1.24. The summed E-state index contributed by atoms with van der Waals surface area (Å²) in [5, 5.41) is 16.9. The number of carboxylic acid groups (broad SMARTS) is 1. The van der Waals surface area contributed by atoms with Crippen LogP contribution in [-0.2, 0) is 4.79 Å². The minimum Gasteiger partial charge on any atom is -0.481 e. The second-order valence-electron chi connectivity index (χ2n) is 2.32. The van der Waals surface area contributed by atoms with Crippen molar-refractivity contribution < 1.29 is 9.90 Å². The van der Waals surface area contributed by atoms with Crippen LogP contribution in [0.25, 0.3) is 0 Å². The zero-order valence-corrected chi connectivity index (χ0v) is 7.54. The predicted octanol–water partition coefficient (Wildman–Crippen LogP) is 1.73. The molecule has 4 heteroatoms. The number of hydrogen-bond donors (Lipinski definition) is 1. The summed E-state index contributed by atoms with van der Waals surface area (Å²) < 4.78 is 0. The van der Waals surface area contributed by atoms with Crippen molar-refractivity contribution in [3.63, 3.8) is 0 Å². The molecule has 0 radical (unpaired) electrons. The first kappa shape index (κ1) is 9.62. The van der Waals surface area contributed by atoms with Crippen molar-refractivity contribution in [1.82, 2.24) is 0 Å². The molecule has 0 amide bonds. The molecule has 1 aromatic carbocycles. The molecule has 13 heavy (non-hydrogen) atoms. The number of thioether (sulfide) groups is 1. The van der Waals surface area contributed by atoms with Crippen molar-refractivity contribution in [1.29, 1.82) is 5.26 Å². The highest BCUT2D eigenvalue weighted by Gasteiger charge is 1.99. The number of nitriles is 1. The molecule has 0 saturated heterocycles. The fraction of sp³-hybridized carbons (Fsp3) is 0.111. The van der Waals surface area contributed by atoms with Crippen molar-refractivity contribution in [3.8, 4) is 6.07 Å². The lowest BCUT2D eigenvalue weighted by Crippen LogP contribution is -1.97. The first-order chi connectivity index (χ1) is 6.22. The van der Waals surface area contributed by atoms with Crippen LogP contribution in [0.3, 0.4) is 0 Å². The van der Waals surface area contributed by atoms with Crippen LogP contribution < -0.4 is 0 Å². The molecule has 0 saturated carbocycles. The molecule has 0 heterocycles. The number of carboxylic acids is 1. The summed E-state index contributed by atoms with van der Waals surface area (Å²) in [4.78, 5) is 11.1. The molecule has 0 fully saturated rings. The van der Waals surface area contributed by atoms with Gasteiger partial charge in [-0.25, -0.2) is 0 Å². The fourth-order valence-electron chi connectivity index (χ4n) is 0.771. The van der Waals surface area contributed by atoms with Crippen LogP contribution in [0.4, 0.5) is 0 Å². The van der Waals surface area contributed by atoms with E-state index in [1.807, 2.05) is 6.07 Å². The summed E-state index contributed by atoms with van der Waals surface area (Å²) in [6.45, 7) is 0. The van der Waals surface area contributed by atoms with E-state index in [4.69, 9.17) is 10.4 Å². The van der Waals surface area contributed by atoms with Crippen LogP contribution in [0.15, 0.2) is 29.2 Å². The van der Waals surface area contributed by atoms with E-state index < -0.39 is 5.97 Å². The minimum absolute atomic E-state index is 0.0475. The first-order valence-electron chi connectivity index (χ1n) is 3.57. The molecule has 0 unspecified atom stereocenters. The number of nitrogens with zero attached hydrogens (tertiary/aromatic N) is 1. The number of hydrogen-bond acceptors (Lipinski definition) is 3. The van der Waals surface area contributed by atoms with Gasteiger partial charge in [0.25, 0.3) is 0 Å². The van der Waals surface area contributed by atoms with Crippen molar-refractivity contribution in [2.24, 2.45) is 0 Å². The van der Waals surface area contributed by atoms with Gasteiger partial charge in [-0.15, -0.1) is 11.8 Å². The van der Waals surface area contributed by atoms with Gasteiger partial charge in [0, 0.05) is 4.90 Å². The average molecular weight is 193 g/mol. The highest BCUT2D eigenvalue weighted by Crippen LogP contribution is 2.17. The van der Waals surface area contributed by atoms with Gasteiger partial charge in [0.1, 0.15) is 0 Å². The lowest BCUT2D eigenvalue weighted by Gasteiger charge is -1.96. The summed E-state index contributed by atoms with van der Waals surface area (Å²) in [6, 6.07) is 8.82. The van der Waals surface area contributed by atoms with E-state index in [1.165, 1.54) is 11.8 Å². The Bertz CT molecular complexity index is 340. The maximum absolute atomic E-state index is 10.2. The third-order valence-corrected chi connectivity index (χ3v) is 2.34. The number of rotatable bonds is 3. The number of carbonyl (C=O) groups is 1. The van der Waals surface area contributed by atoms with E-state index in [0.29, 0.717) is 5.56 Å². The highest BCUT2D eigenvalue weighted by atomic mass is 32.2. The zero-order chi connectivity index (χ0) is 9.68. The van der Waals surface area contributed by atoms with Crippen LogP contribution in [0.1, 0.15) is 5.56 Å². The van der Waals surface area contributed by atoms with E-state index in [-0.39, 0.29) is 5.75 Å². The monoisotopic (exact) mass is 193 g/mol. The van der Waals surface area contributed by atoms with Crippen LogP contribution in [-0.4, -0.2) is 16.8 Å². The lowest BCUT2D eigenvalue weighted by molar-refractivity contribution is -0.133. The molecular weight excluding hydrogens is 186 g/mol. The Morgan fingerprint density at radius 3 is 2.54 bits per heavy atom. The Labute approximate surface area is 80.0 Å². The maximum Gasteiger partial charge on any atom is 0.313 e. The Morgan fingerprint density at radius 1 is 1.46 bits per heavy atom. The average Bonchev–Trinajstić information content (AvgIpc) is 2.15. The molecule has 0 aliphatic carbocycles. The molecule has 3 nitrogen and oxygen atoms in total. The van der Waals surface area contributed by atoms with Gasteiger partial charge in [0.2, 0.25) is 0 Å². The molecule has 66 valence electrons. The quantitative estimate of drug-likeness (QED) is 0.743. The standard InChI is InChI=1S/C9H7NO2S/c10-5-7-1-3-8(4-2-7)13-6-9(11)12/h1-4H,6H2,(H,11,12). The lowest BCUT2D eigenvalue weighted by atomic mass is 10.2. The number of aliphatic carboxylic acids is 1. The van der Waals surface area contributed by atoms with Gasteiger partial charge < -0.3 is 5.11 Å². The van der Waals surface area contributed by atoms with Crippen LogP contribution in [0, 0.1) is 11.3 Å². The van der Waals surface area contributed by atoms with Gasteiger partial charge in [0.05, 0.1) is 17.4 Å². The molecule has 0 atom stereocenters. The van der Waals surface area contributed by atoms with Crippen LogP contribution in [0.2, 0.25) is 0 Å². The summed E-state index contributed by atoms with van der Waals surface area (Å²) in [5.41, 5.74) is 0.583. The van der Waals surface area contributed by atoms with E-state index in [9.17, 15) is 4.79 Å². The molecular formula is C9H7NO2S. The molecule has 0 aliphatic heterocycles. The van der Waals surface area contributed by atoms with Gasteiger partial charge in [-0.1, -0.05) is 0 Å². The van der Waals surface area contributed by atoms with E-state index in [1.54, 1.807) is 24.3 Å². The molecule has 0 aromatic heterocycles. The topological polar surface area (TPSA) is 61.1 Å². The molecule has 0 spiro atoms. The van der Waals surface area contributed by atoms with Crippen LogP contribution >= 0.6 is 11.8 Å². The Hall–Kier alpha value is -1.47. The predicted molar refractivity (Wildman–Crippen MR) is 49.5 cm³/mol. The van der Waals surface area contributed by atoms with Gasteiger partial charge in [-0.3, -0.25) is 4.79 Å². The van der Waals surface area contributed by atoms with Gasteiger partial charge in [-0.2, -0.15) is 5.26 Å². The minimum atomic E-state index is -0.839. The Balaban J connectivity index is 2.60. The van der Waals surface area contributed by atoms with Gasteiger partial charge in [0.15, 0.2) is 0 Å². The second-order valence-corrected chi connectivity index (χ2v) is 3.37. The van der Waals surface area contributed by atoms with E-state index in [2.05, 4.69) is 0 Å². The maximum atomic E-state index is 10.2. The Morgan fingerprint density at radius 2 is 2.08 bits per heavy atom. The zero-order valence-electron chi connectivity index (χ0n) is 6.73. The fourth-order valence-corrected chi connectivity index (χ4v) is 1.39. The van der Waals surface area contributed by atoms with E-state index in [0.717, 1.165) is 4.90 Å². The Kier molecular flexibility index (Phi) is 3.35. The second kappa shape index (κ2) is 4.53. The number of benzene rings is 1. The first-order valence-corrected chi connectivity index (χ1v) is 4.55. The SMILES string of the molecule is N#Cc1ccc(SCC(=O)O)cc1. The van der Waals surface area contributed by atoms with Crippen molar-refractivity contribution >= 4 is 17.7 Å². The van der Waals surface area contributed by atoms with Crippen molar-refractivity contribution in [3.05, 3.63) is 29.8 Å². The van der Waals surface area contributed by atoms with Crippen molar-refractivity contribution in [2.75, 3.05) is 5.75 Å². The van der Waals surface area contributed by atoms with E-state index >= 15 is 0 Å². The largest absolute Gasteiger partial charge is 0.481 e. The van der Waals surface area contributed by atoms with Gasteiger partial charge in [-0.05, 0) is 24.3 Å². The molecule has 1 aromatic rings. The molecule has 1 rings (SSSR count). The normalized spacial score (nSPS) is 9.15. The summed E-state index contributed by atoms with van der Waals surface area (Å²) in [6.07, 6.45) is 0. The summed E-state index contributed by atoms with van der Waals surface area (Å²) in [5.74, 6) is -0.791. The third-order valence-electron chi connectivity index (χ3n) is 1.35. The third kappa shape index (κ3) is 3.18. The van der Waals surface area contributed by atoms with Gasteiger partial charge >= 0.3 is 5.97 Å². The smallest absolute Gasteiger partial charge is 0.313 e. The highest BCUT2D eigenvalue weighted by molar-refractivity contribution is 8.00. The van der Waals surface area contributed by atoms with Crippen molar-refractivity contribution in [2.45, 2.75) is 4.90 Å². The molecule has 0 bridgehead atoms. The molecule has 1 N–H and O–H groups in total. The summed E-state index contributed by atoms with van der Waals surface area (Å²) in [7, 11) is 0. The van der Waals surface area contributed by atoms with Crippen LogP contribution in [0.5, 0.6) is 0 Å².